The van der Waals surface area contributed by atoms with E-state index in [1.165, 1.54) is 19.4 Å². The quantitative estimate of drug-likeness (QED) is 0.902. The van der Waals surface area contributed by atoms with Crippen molar-refractivity contribution in [2.75, 3.05) is 12.4 Å². The van der Waals surface area contributed by atoms with Crippen LogP contribution in [0.1, 0.15) is 20.8 Å². The normalized spacial score (nSPS) is 9.90. The number of aromatic nitrogens is 2. The van der Waals surface area contributed by atoms with Crippen LogP contribution in [0.2, 0.25) is 5.15 Å². The first-order chi connectivity index (χ1) is 9.61. The van der Waals surface area contributed by atoms with Crippen LogP contribution in [0.25, 0.3) is 0 Å². The Kier molecular flexibility index (Phi) is 4.27. The van der Waals surface area contributed by atoms with Gasteiger partial charge >= 0.3 is 0 Å². The van der Waals surface area contributed by atoms with E-state index in [4.69, 9.17) is 11.6 Å². The van der Waals surface area contributed by atoms with Gasteiger partial charge in [-0.2, -0.15) is 0 Å². The SMILES string of the molecule is CNC(=O)c1ccccc1NC(=O)c1cnc(Cl)cn1. The van der Waals surface area contributed by atoms with Crippen LogP contribution in [-0.4, -0.2) is 28.8 Å². The van der Waals surface area contributed by atoms with Gasteiger partial charge in [-0.1, -0.05) is 23.7 Å². The Balaban J connectivity index is 2.24. The number of nitrogens with zero attached hydrogens (tertiary/aromatic N) is 2. The van der Waals surface area contributed by atoms with Gasteiger partial charge in [-0.25, -0.2) is 9.97 Å². The van der Waals surface area contributed by atoms with Crippen LogP contribution >= 0.6 is 11.6 Å². The smallest absolute Gasteiger partial charge is 0.275 e. The second-order valence-electron chi connectivity index (χ2n) is 3.80. The molecule has 0 bridgehead atoms. The fourth-order valence-corrected chi connectivity index (χ4v) is 1.64. The van der Waals surface area contributed by atoms with Crippen molar-refractivity contribution in [2.45, 2.75) is 0 Å². The van der Waals surface area contributed by atoms with Crippen LogP contribution in [0, 0.1) is 0 Å². The van der Waals surface area contributed by atoms with Crippen LogP contribution in [0.4, 0.5) is 5.69 Å². The molecule has 0 spiro atoms. The van der Waals surface area contributed by atoms with E-state index in [-0.39, 0.29) is 16.8 Å². The molecule has 0 aliphatic rings. The van der Waals surface area contributed by atoms with Crippen LogP contribution in [0.5, 0.6) is 0 Å². The maximum atomic E-state index is 12.0. The molecule has 20 heavy (non-hydrogen) atoms. The molecule has 1 aromatic carbocycles. The number of benzene rings is 1. The summed E-state index contributed by atoms with van der Waals surface area (Å²) in [7, 11) is 1.52. The molecule has 0 aliphatic carbocycles. The van der Waals surface area contributed by atoms with Crippen molar-refractivity contribution in [1.82, 2.24) is 15.3 Å². The predicted molar refractivity (Wildman–Crippen MR) is 74.8 cm³/mol. The Morgan fingerprint density at radius 2 is 1.85 bits per heavy atom. The second-order valence-corrected chi connectivity index (χ2v) is 4.19. The van der Waals surface area contributed by atoms with E-state index in [1.807, 2.05) is 0 Å². The highest BCUT2D eigenvalue weighted by atomic mass is 35.5. The Hall–Kier alpha value is -2.47. The van der Waals surface area contributed by atoms with Crippen LogP contribution in [-0.2, 0) is 0 Å². The van der Waals surface area contributed by atoms with Crippen molar-refractivity contribution in [3.05, 3.63) is 53.1 Å². The molecule has 0 saturated carbocycles. The molecule has 1 heterocycles. The molecule has 2 N–H and O–H groups in total. The summed E-state index contributed by atoms with van der Waals surface area (Å²) in [6.07, 6.45) is 2.54. The fraction of sp³-hybridized carbons (Fsp3) is 0.0769. The number of anilines is 1. The maximum absolute atomic E-state index is 12.0. The van der Waals surface area contributed by atoms with Gasteiger partial charge < -0.3 is 10.6 Å². The number of hydrogen-bond donors (Lipinski definition) is 2. The molecule has 2 amide bonds. The van der Waals surface area contributed by atoms with Gasteiger partial charge in [-0.05, 0) is 12.1 Å². The predicted octanol–water partition coefficient (Wildman–Crippen LogP) is 1.74. The zero-order valence-electron chi connectivity index (χ0n) is 10.6. The number of rotatable bonds is 3. The number of carbonyl (C=O) groups is 2. The molecule has 0 radical (unpaired) electrons. The summed E-state index contributed by atoms with van der Waals surface area (Å²) in [5.41, 5.74) is 0.875. The van der Waals surface area contributed by atoms with Gasteiger partial charge in [0.15, 0.2) is 0 Å². The van der Waals surface area contributed by atoms with Gasteiger partial charge in [-0.15, -0.1) is 0 Å². The van der Waals surface area contributed by atoms with Crippen molar-refractivity contribution in [3.8, 4) is 0 Å². The highest BCUT2D eigenvalue weighted by Gasteiger charge is 2.13. The lowest BCUT2D eigenvalue weighted by Crippen LogP contribution is -2.21. The second kappa shape index (κ2) is 6.12. The molecule has 0 saturated heterocycles. The van der Waals surface area contributed by atoms with Crippen molar-refractivity contribution < 1.29 is 9.59 Å². The molecule has 0 aliphatic heterocycles. The van der Waals surface area contributed by atoms with E-state index < -0.39 is 5.91 Å². The molecule has 2 aromatic rings. The number of halogens is 1. The summed E-state index contributed by atoms with van der Waals surface area (Å²) in [6, 6.07) is 6.67. The molecule has 6 nitrogen and oxygen atoms in total. The molecule has 2 rings (SSSR count). The average molecular weight is 291 g/mol. The Labute approximate surface area is 120 Å². The van der Waals surface area contributed by atoms with Gasteiger partial charge in [0.2, 0.25) is 0 Å². The number of nitrogens with one attached hydrogen (secondary N) is 2. The Morgan fingerprint density at radius 3 is 2.50 bits per heavy atom. The Bertz CT molecular complexity index is 643. The summed E-state index contributed by atoms with van der Waals surface area (Å²) in [5, 5.41) is 5.32. The van der Waals surface area contributed by atoms with E-state index in [1.54, 1.807) is 24.3 Å². The number of hydrogen-bond acceptors (Lipinski definition) is 4. The molecule has 0 unspecified atom stereocenters. The molecular formula is C13H11ClN4O2. The van der Waals surface area contributed by atoms with Gasteiger partial charge in [0.05, 0.1) is 23.6 Å². The highest BCUT2D eigenvalue weighted by molar-refractivity contribution is 6.29. The topological polar surface area (TPSA) is 84.0 Å². The molecule has 7 heteroatoms. The summed E-state index contributed by atoms with van der Waals surface area (Å²) >= 11 is 5.60. The van der Waals surface area contributed by atoms with Gasteiger partial charge in [0.25, 0.3) is 11.8 Å². The number of para-hydroxylation sites is 1. The average Bonchev–Trinajstić information content (AvgIpc) is 2.47. The number of carbonyl (C=O) groups excluding carboxylic acids is 2. The third kappa shape index (κ3) is 3.10. The van der Waals surface area contributed by atoms with Crippen LogP contribution in [0.3, 0.4) is 0 Å². The van der Waals surface area contributed by atoms with E-state index in [0.717, 1.165) is 0 Å². The van der Waals surface area contributed by atoms with Crippen molar-refractivity contribution in [2.24, 2.45) is 0 Å². The summed E-state index contributed by atoms with van der Waals surface area (Å²) in [6.45, 7) is 0. The molecule has 1 aromatic heterocycles. The van der Waals surface area contributed by atoms with Crippen molar-refractivity contribution >= 4 is 29.1 Å². The minimum Gasteiger partial charge on any atom is -0.355 e. The van der Waals surface area contributed by atoms with Crippen LogP contribution < -0.4 is 10.6 Å². The Morgan fingerprint density at radius 1 is 1.10 bits per heavy atom. The molecule has 0 atom stereocenters. The molecule has 0 fully saturated rings. The third-order valence-electron chi connectivity index (χ3n) is 2.50. The van der Waals surface area contributed by atoms with Gasteiger partial charge in [0.1, 0.15) is 10.8 Å². The zero-order valence-corrected chi connectivity index (χ0v) is 11.3. The first kappa shape index (κ1) is 14.0. The summed E-state index contributed by atoms with van der Waals surface area (Å²) < 4.78 is 0. The van der Waals surface area contributed by atoms with E-state index in [9.17, 15) is 9.59 Å². The summed E-state index contributed by atoms with van der Waals surface area (Å²) in [4.78, 5) is 31.3. The minimum atomic E-state index is -0.467. The standard InChI is InChI=1S/C13H11ClN4O2/c1-15-12(19)8-4-2-3-5-9(8)18-13(20)10-6-17-11(14)7-16-10/h2-7H,1H3,(H,15,19)(H,18,20). The molecule has 102 valence electrons. The largest absolute Gasteiger partial charge is 0.355 e. The lowest BCUT2D eigenvalue weighted by atomic mass is 10.1. The van der Waals surface area contributed by atoms with Crippen molar-refractivity contribution in [3.63, 3.8) is 0 Å². The van der Waals surface area contributed by atoms with E-state index in [2.05, 4.69) is 20.6 Å². The van der Waals surface area contributed by atoms with Crippen molar-refractivity contribution in [1.29, 1.82) is 0 Å². The lowest BCUT2D eigenvalue weighted by molar-refractivity contribution is 0.0964. The third-order valence-corrected chi connectivity index (χ3v) is 2.70. The highest BCUT2D eigenvalue weighted by Crippen LogP contribution is 2.15. The zero-order chi connectivity index (χ0) is 14.5. The molecular weight excluding hydrogens is 280 g/mol. The van der Waals surface area contributed by atoms with Gasteiger partial charge in [-0.3, -0.25) is 9.59 Å². The van der Waals surface area contributed by atoms with E-state index in [0.29, 0.717) is 11.3 Å². The first-order valence-electron chi connectivity index (χ1n) is 5.72. The van der Waals surface area contributed by atoms with E-state index >= 15 is 0 Å². The number of amides is 2. The monoisotopic (exact) mass is 290 g/mol. The first-order valence-corrected chi connectivity index (χ1v) is 6.09. The summed E-state index contributed by atoms with van der Waals surface area (Å²) in [5.74, 6) is -0.756. The maximum Gasteiger partial charge on any atom is 0.275 e. The fourth-order valence-electron chi connectivity index (χ4n) is 1.54. The van der Waals surface area contributed by atoms with Crippen LogP contribution in [0.15, 0.2) is 36.7 Å². The minimum absolute atomic E-state index is 0.112. The lowest BCUT2D eigenvalue weighted by Gasteiger charge is -2.09. The van der Waals surface area contributed by atoms with Gasteiger partial charge in [0, 0.05) is 7.05 Å².